The molecule has 0 aromatic heterocycles. The molecule has 0 radical (unpaired) electrons. The molecule has 2 atom stereocenters. The maximum absolute atomic E-state index is 9.86. The standard InChI is InChI=1S/C12H18ClNO2/c1-9(6-7-15)14-8-12(16)10-2-4-11(13)5-3-10/h2-5,9,12,14-16H,6-8H2,1H3. The van der Waals surface area contributed by atoms with Crippen LogP contribution in [-0.4, -0.2) is 29.4 Å². The van der Waals surface area contributed by atoms with E-state index in [4.69, 9.17) is 16.7 Å². The molecular formula is C12H18ClNO2. The number of hydrogen-bond acceptors (Lipinski definition) is 3. The Bertz CT molecular complexity index is 302. The van der Waals surface area contributed by atoms with Gasteiger partial charge in [0.05, 0.1) is 6.10 Å². The lowest BCUT2D eigenvalue weighted by atomic mass is 10.1. The fourth-order valence-electron chi connectivity index (χ4n) is 1.41. The Kier molecular flexibility index (Phi) is 5.77. The number of nitrogens with one attached hydrogen (secondary N) is 1. The third kappa shape index (κ3) is 4.49. The zero-order chi connectivity index (χ0) is 12.0. The molecule has 0 aliphatic rings. The molecule has 90 valence electrons. The van der Waals surface area contributed by atoms with Crippen LogP contribution in [0.25, 0.3) is 0 Å². The van der Waals surface area contributed by atoms with Gasteiger partial charge in [-0.05, 0) is 31.0 Å². The fraction of sp³-hybridized carbons (Fsp3) is 0.500. The first kappa shape index (κ1) is 13.5. The third-order valence-corrected chi connectivity index (χ3v) is 2.73. The largest absolute Gasteiger partial charge is 0.396 e. The van der Waals surface area contributed by atoms with Gasteiger partial charge in [0.1, 0.15) is 0 Å². The zero-order valence-electron chi connectivity index (χ0n) is 9.36. The average molecular weight is 244 g/mol. The molecule has 16 heavy (non-hydrogen) atoms. The van der Waals surface area contributed by atoms with Crippen molar-refractivity contribution in [2.45, 2.75) is 25.5 Å². The summed E-state index contributed by atoms with van der Waals surface area (Å²) in [6.45, 7) is 2.61. The molecular weight excluding hydrogens is 226 g/mol. The smallest absolute Gasteiger partial charge is 0.0914 e. The second-order valence-corrected chi connectivity index (χ2v) is 4.33. The molecule has 0 amide bonds. The van der Waals surface area contributed by atoms with E-state index in [1.54, 1.807) is 12.1 Å². The molecule has 3 N–H and O–H groups in total. The van der Waals surface area contributed by atoms with E-state index in [9.17, 15) is 5.11 Å². The summed E-state index contributed by atoms with van der Waals surface area (Å²) < 4.78 is 0. The molecule has 2 unspecified atom stereocenters. The van der Waals surface area contributed by atoms with Crippen LogP contribution in [0.2, 0.25) is 5.02 Å². The van der Waals surface area contributed by atoms with E-state index in [0.717, 1.165) is 5.56 Å². The van der Waals surface area contributed by atoms with Crippen LogP contribution in [0.5, 0.6) is 0 Å². The van der Waals surface area contributed by atoms with Gasteiger partial charge in [-0.1, -0.05) is 23.7 Å². The van der Waals surface area contributed by atoms with Crippen molar-refractivity contribution in [3.63, 3.8) is 0 Å². The molecule has 0 heterocycles. The number of aliphatic hydroxyl groups is 2. The predicted octanol–water partition coefficient (Wildman–Crippen LogP) is 1.73. The Morgan fingerprint density at radius 1 is 1.31 bits per heavy atom. The normalized spacial score (nSPS) is 14.8. The molecule has 3 nitrogen and oxygen atoms in total. The molecule has 0 aliphatic heterocycles. The van der Waals surface area contributed by atoms with Crippen LogP contribution in [0, 0.1) is 0 Å². The van der Waals surface area contributed by atoms with Crippen molar-refractivity contribution < 1.29 is 10.2 Å². The highest BCUT2D eigenvalue weighted by Crippen LogP contribution is 2.15. The van der Waals surface area contributed by atoms with Crippen molar-refractivity contribution in [3.8, 4) is 0 Å². The monoisotopic (exact) mass is 243 g/mol. The van der Waals surface area contributed by atoms with Crippen molar-refractivity contribution in [2.24, 2.45) is 0 Å². The minimum atomic E-state index is -0.543. The fourth-order valence-corrected chi connectivity index (χ4v) is 1.54. The van der Waals surface area contributed by atoms with E-state index >= 15 is 0 Å². The molecule has 1 rings (SSSR count). The number of rotatable bonds is 6. The summed E-state index contributed by atoms with van der Waals surface area (Å²) in [5.74, 6) is 0. The molecule has 0 spiro atoms. The van der Waals surface area contributed by atoms with Gasteiger partial charge in [0.15, 0.2) is 0 Å². The highest BCUT2D eigenvalue weighted by atomic mass is 35.5. The van der Waals surface area contributed by atoms with Crippen LogP contribution in [-0.2, 0) is 0 Å². The van der Waals surface area contributed by atoms with Crippen molar-refractivity contribution in [3.05, 3.63) is 34.9 Å². The lowest BCUT2D eigenvalue weighted by molar-refractivity contribution is 0.167. The van der Waals surface area contributed by atoms with Crippen molar-refractivity contribution in [2.75, 3.05) is 13.2 Å². The number of hydrogen-bond donors (Lipinski definition) is 3. The van der Waals surface area contributed by atoms with Gasteiger partial charge in [-0.15, -0.1) is 0 Å². The SMILES string of the molecule is CC(CCO)NCC(O)c1ccc(Cl)cc1. The lowest BCUT2D eigenvalue weighted by Crippen LogP contribution is -2.31. The van der Waals surface area contributed by atoms with Crippen LogP contribution >= 0.6 is 11.6 Å². The van der Waals surface area contributed by atoms with E-state index in [2.05, 4.69) is 5.32 Å². The molecule has 0 fully saturated rings. The number of halogens is 1. The first-order valence-electron chi connectivity index (χ1n) is 5.41. The van der Waals surface area contributed by atoms with Crippen LogP contribution in [0.4, 0.5) is 0 Å². The van der Waals surface area contributed by atoms with Gasteiger partial charge >= 0.3 is 0 Å². The lowest BCUT2D eigenvalue weighted by Gasteiger charge is -2.16. The van der Waals surface area contributed by atoms with Crippen LogP contribution in [0.3, 0.4) is 0 Å². The summed E-state index contributed by atoms with van der Waals surface area (Å²) in [5, 5.41) is 22.4. The zero-order valence-corrected chi connectivity index (χ0v) is 10.1. The van der Waals surface area contributed by atoms with Gasteiger partial charge in [0.2, 0.25) is 0 Å². The summed E-state index contributed by atoms with van der Waals surface area (Å²) >= 11 is 5.76. The quantitative estimate of drug-likeness (QED) is 0.713. The first-order valence-corrected chi connectivity index (χ1v) is 5.79. The molecule has 4 heteroatoms. The van der Waals surface area contributed by atoms with E-state index in [0.29, 0.717) is 18.0 Å². The molecule has 0 saturated heterocycles. The highest BCUT2D eigenvalue weighted by Gasteiger charge is 2.08. The molecule has 1 aromatic rings. The Hall–Kier alpha value is -0.610. The van der Waals surface area contributed by atoms with E-state index < -0.39 is 6.10 Å². The average Bonchev–Trinajstić information content (AvgIpc) is 2.27. The van der Waals surface area contributed by atoms with Gasteiger partial charge in [-0.25, -0.2) is 0 Å². The Morgan fingerprint density at radius 3 is 2.50 bits per heavy atom. The van der Waals surface area contributed by atoms with Gasteiger partial charge in [0.25, 0.3) is 0 Å². The second kappa shape index (κ2) is 6.86. The Morgan fingerprint density at radius 2 is 1.94 bits per heavy atom. The van der Waals surface area contributed by atoms with Gasteiger partial charge in [0, 0.05) is 24.2 Å². The second-order valence-electron chi connectivity index (χ2n) is 3.89. The van der Waals surface area contributed by atoms with Gasteiger partial charge in [-0.3, -0.25) is 0 Å². The maximum Gasteiger partial charge on any atom is 0.0914 e. The first-order chi connectivity index (χ1) is 7.63. The van der Waals surface area contributed by atoms with Crippen LogP contribution in [0.15, 0.2) is 24.3 Å². The van der Waals surface area contributed by atoms with E-state index in [-0.39, 0.29) is 12.6 Å². The van der Waals surface area contributed by atoms with E-state index in [1.165, 1.54) is 0 Å². The van der Waals surface area contributed by atoms with Crippen molar-refractivity contribution in [1.29, 1.82) is 0 Å². The maximum atomic E-state index is 9.86. The Labute approximate surface area is 101 Å². The molecule has 0 bridgehead atoms. The molecule has 0 saturated carbocycles. The topological polar surface area (TPSA) is 52.5 Å². The van der Waals surface area contributed by atoms with Gasteiger partial charge in [-0.2, -0.15) is 0 Å². The highest BCUT2D eigenvalue weighted by molar-refractivity contribution is 6.30. The summed E-state index contributed by atoms with van der Waals surface area (Å²) in [6.07, 6.45) is 0.145. The summed E-state index contributed by atoms with van der Waals surface area (Å²) in [6, 6.07) is 7.35. The van der Waals surface area contributed by atoms with Crippen LogP contribution in [0.1, 0.15) is 25.0 Å². The predicted molar refractivity (Wildman–Crippen MR) is 65.6 cm³/mol. The summed E-state index contributed by atoms with van der Waals surface area (Å²) in [7, 11) is 0. The summed E-state index contributed by atoms with van der Waals surface area (Å²) in [4.78, 5) is 0. The molecule has 1 aromatic carbocycles. The third-order valence-electron chi connectivity index (χ3n) is 2.48. The molecule has 0 aliphatic carbocycles. The van der Waals surface area contributed by atoms with Crippen molar-refractivity contribution >= 4 is 11.6 Å². The number of benzene rings is 1. The van der Waals surface area contributed by atoms with Crippen molar-refractivity contribution in [1.82, 2.24) is 5.32 Å². The summed E-state index contributed by atoms with van der Waals surface area (Å²) in [5.41, 5.74) is 0.841. The number of aliphatic hydroxyl groups excluding tert-OH is 2. The van der Waals surface area contributed by atoms with Gasteiger partial charge < -0.3 is 15.5 Å². The van der Waals surface area contributed by atoms with E-state index in [1.807, 2.05) is 19.1 Å². The minimum absolute atomic E-state index is 0.158. The minimum Gasteiger partial charge on any atom is -0.396 e. The van der Waals surface area contributed by atoms with Crippen LogP contribution < -0.4 is 5.32 Å². The Balaban J connectivity index is 2.40.